The van der Waals surface area contributed by atoms with Crippen molar-refractivity contribution in [2.45, 2.75) is 19.5 Å². The van der Waals surface area contributed by atoms with Gasteiger partial charge in [0.05, 0.1) is 12.8 Å². The molecule has 5 heteroatoms. The zero-order valence-electron chi connectivity index (χ0n) is 9.63. The average Bonchev–Trinajstić information content (AvgIpc) is 2.62. The first-order valence-electron chi connectivity index (χ1n) is 5.10. The van der Waals surface area contributed by atoms with E-state index in [1.165, 1.54) is 6.21 Å². The van der Waals surface area contributed by atoms with Crippen molar-refractivity contribution in [2.24, 2.45) is 5.16 Å². The molecule has 0 aromatic heterocycles. The number of hydrogen-bond donors (Lipinski definition) is 1. The Labute approximate surface area is 96.0 Å². The maximum absolute atomic E-state index is 8.53. The lowest BCUT2D eigenvalue weighted by Gasteiger charge is -2.26. The first kappa shape index (κ1) is 12.4. The molecule has 0 radical (unpaired) electrons. The number of ether oxygens (including phenoxy) is 1. The first-order chi connectivity index (χ1) is 7.79. The molecular formula is C11H17N3O2. The van der Waals surface area contributed by atoms with Crippen LogP contribution < -0.4 is 0 Å². The minimum Gasteiger partial charge on any atom is -0.411 e. The van der Waals surface area contributed by atoms with E-state index in [1.807, 2.05) is 36.2 Å². The smallest absolute Gasteiger partial charge is 0.142 e. The van der Waals surface area contributed by atoms with Gasteiger partial charge in [-0.25, -0.2) is 0 Å². The second-order valence-electron chi connectivity index (χ2n) is 3.37. The van der Waals surface area contributed by atoms with E-state index >= 15 is 0 Å². The van der Waals surface area contributed by atoms with Gasteiger partial charge in [-0.3, -0.25) is 0 Å². The third kappa shape index (κ3) is 3.48. The molecule has 0 aliphatic carbocycles. The van der Waals surface area contributed by atoms with Crippen LogP contribution in [-0.2, 0) is 4.74 Å². The lowest BCUT2D eigenvalue weighted by molar-refractivity contribution is 0.0374. The van der Waals surface area contributed by atoms with E-state index in [-0.39, 0.29) is 6.17 Å². The highest BCUT2D eigenvalue weighted by molar-refractivity contribution is 5.64. The Kier molecular flexibility index (Phi) is 5.23. The predicted octanol–water partition coefficient (Wildman–Crippen LogP) is 0.879. The van der Waals surface area contributed by atoms with Gasteiger partial charge in [-0.2, -0.15) is 0 Å². The summed E-state index contributed by atoms with van der Waals surface area (Å²) in [5, 5.41) is 11.6. The molecule has 0 saturated heterocycles. The fraction of sp³-hybridized carbons (Fsp3) is 0.545. The van der Waals surface area contributed by atoms with E-state index in [0.717, 1.165) is 6.42 Å². The van der Waals surface area contributed by atoms with E-state index in [0.29, 0.717) is 13.3 Å². The Bertz CT molecular complexity index is 317. The summed E-state index contributed by atoms with van der Waals surface area (Å²) in [6, 6.07) is 0. The van der Waals surface area contributed by atoms with Gasteiger partial charge in [0.2, 0.25) is 0 Å². The van der Waals surface area contributed by atoms with E-state index < -0.39 is 0 Å². The van der Waals surface area contributed by atoms with Crippen LogP contribution in [0.5, 0.6) is 0 Å². The number of hydrogen-bond acceptors (Lipinski definition) is 5. The molecule has 1 N–H and O–H groups in total. The van der Waals surface area contributed by atoms with Gasteiger partial charge >= 0.3 is 0 Å². The maximum Gasteiger partial charge on any atom is 0.142 e. The summed E-state index contributed by atoms with van der Waals surface area (Å²) < 4.78 is 5.45. The lowest BCUT2D eigenvalue weighted by Crippen LogP contribution is -2.39. The normalized spacial score (nSPS) is 19.2. The van der Waals surface area contributed by atoms with Crippen molar-refractivity contribution in [2.75, 3.05) is 20.4 Å². The summed E-state index contributed by atoms with van der Waals surface area (Å²) in [5.41, 5.74) is 0. The van der Waals surface area contributed by atoms with Crippen LogP contribution in [0.25, 0.3) is 0 Å². The van der Waals surface area contributed by atoms with Crippen molar-refractivity contribution in [3.05, 3.63) is 12.4 Å². The molecule has 88 valence electrons. The van der Waals surface area contributed by atoms with Crippen molar-refractivity contribution in [1.82, 2.24) is 9.80 Å². The van der Waals surface area contributed by atoms with Gasteiger partial charge in [-0.15, -0.1) is 11.8 Å². The van der Waals surface area contributed by atoms with Crippen LogP contribution >= 0.6 is 0 Å². The van der Waals surface area contributed by atoms with E-state index in [9.17, 15) is 0 Å². The Morgan fingerprint density at radius 2 is 2.38 bits per heavy atom. The summed E-state index contributed by atoms with van der Waals surface area (Å²) in [6.07, 6.45) is 5.92. The molecule has 16 heavy (non-hydrogen) atoms. The van der Waals surface area contributed by atoms with Gasteiger partial charge in [0.25, 0.3) is 0 Å². The summed E-state index contributed by atoms with van der Waals surface area (Å²) in [6.45, 7) is 2.88. The molecule has 0 saturated carbocycles. The molecular weight excluding hydrogens is 206 g/mol. The summed E-state index contributed by atoms with van der Waals surface area (Å²) in [5.74, 6) is 5.74. The Morgan fingerprint density at radius 3 is 3.06 bits per heavy atom. The SMILES string of the molecule is CC#CCCOCN1C=CN(C)C1/C=N\O. The van der Waals surface area contributed by atoms with Crippen LogP contribution in [0.4, 0.5) is 0 Å². The Hall–Kier alpha value is -1.67. The highest BCUT2D eigenvalue weighted by atomic mass is 16.5. The largest absolute Gasteiger partial charge is 0.411 e. The fourth-order valence-electron chi connectivity index (χ4n) is 1.39. The summed E-state index contributed by atoms with van der Waals surface area (Å²) >= 11 is 0. The molecule has 1 heterocycles. The lowest BCUT2D eigenvalue weighted by atomic mass is 10.4. The number of oxime groups is 1. The monoisotopic (exact) mass is 223 g/mol. The van der Waals surface area contributed by atoms with Crippen molar-refractivity contribution >= 4 is 6.21 Å². The van der Waals surface area contributed by atoms with Crippen LogP contribution in [0, 0.1) is 11.8 Å². The summed E-state index contributed by atoms with van der Waals surface area (Å²) in [7, 11) is 1.91. The highest BCUT2D eigenvalue weighted by Gasteiger charge is 2.21. The van der Waals surface area contributed by atoms with E-state index in [4.69, 9.17) is 9.94 Å². The van der Waals surface area contributed by atoms with Crippen molar-refractivity contribution in [3.8, 4) is 11.8 Å². The molecule has 5 nitrogen and oxygen atoms in total. The van der Waals surface area contributed by atoms with E-state index in [1.54, 1.807) is 0 Å². The molecule has 1 rings (SSSR count). The predicted molar refractivity (Wildman–Crippen MR) is 61.7 cm³/mol. The van der Waals surface area contributed by atoms with Crippen LogP contribution in [0.3, 0.4) is 0 Å². The van der Waals surface area contributed by atoms with Gasteiger partial charge in [-0.1, -0.05) is 5.16 Å². The van der Waals surface area contributed by atoms with Gasteiger partial charge in [0.15, 0.2) is 0 Å². The Balaban J connectivity index is 2.29. The third-order valence-electron chi connectivity index (χ3n) is 2.24. The van der Waals surface area contributed by atoms with Crippen LogP contribution in [-0.4, -0.2) is 47.8 Å². The van der Waals surface area contributed by atoms with Gasteiger partial charge in [-0.05, 0) is 6.92 Å². The van der Waals surface area contributed by atoms with E-state index in [2.05, 4.69) is 17.0 Å². The third-order valence-corrected chi connectivity index (χ3v) is 2.24. The zero-order valence-corrected chi connectivity index (χ0v) is 9.63. The fourth-order valence-corrected chi connectivity index (χ4v) is 1.39. The second kappa shape index (κ2) is 6.75. The van der Waals surface area contributed by atoms with Crippen LogP contribution in [0.2, 0.25) is 0 Å². The molecule has 0 fully saturated rings. The molecule has 0 bridgehead atoms. The quantitative estimate of drug-likeness (QED) is 0.247. The Morgan fingerprint density at radius 1 is 1.56 bits per heavy atom. The minimum atomic E-state index is -0.0812. The topological polar surface area (TPSA) is 48.3 Å². The molecule has 0 amide bonds. The first-order valence-corrected chi connectivity index (χ1v) is 5.10. The van der Waals surface area contributed by atoms with Crippen molar-refractivity contribution in [1.29, 1.82) is 0 Å². The molecule has 0 spiro atoms. The number of nitrogens with zero attached hydrogens (tertiary/aromatic N) is 3. The van der Waals surface area contributed by atoms with Crippen LogP contribution in [0.1, 0.15) is 13.3 Å². The standard InChI is InChI=1S/C11H17N3O2/c1-3-4-5-8-16-10-14-7-6-13(2)11(14)9-12-15/h6-7,9,11,15H,5,8,10H2,1-2H3/b12-9-. The van der Waals surface area contributed by atoms with Crippen molar-refractivity contribution in [3.63, 3.8) is 0 Å². The molecule has 0 aromatic rings. The molecule has 1 aliphatic rings. The molecule has 1 unspecified atom stereocenters. The zero-order chi connectivity index (χ0) is 11.8. The van der Waals surface area contributed by atoms with Gasteiger partial charge in [0.1, 0.15) is 12.9 Å². The molecule has 1 atom stereocenters. The maximum atomic E-state index is 8.53. The molecule has 1 aliphatic heterocycles. The number of rotatable bonds is 5. The van der Waals surface area contributed by atoms with Gasteiger partial charge in [0, 0.05) is 25.9 Å². The van der Waals surface area contributed by atoms with Crippen LogP contribution in [0.15, 0.2) is 17.6 Å². The highest BCUT2D eigenvalue weighted by Crippen LogP contribution is 2.11. The summed E-state index contributed by atoms with van der Waals surface area (Å²) in [4.78, 5) is 3.86. The molecule has 0 aromatic carbocycles. The minimum absolute atomic E-state index is 0.0812. The van der Waals surface area contributed by atoms with Gasteiger partial charge < -0.3 is 19.7 Å². The van der Waals surface area contributed by atoms with Crippen molar-refractivity contribution < 1.29 is 9.94 Å². The average molecular weight is 223 g/mol. The second-order valence-corrected chi connectivity index (χ2v) is 3.37.